The van der Waals surface area contributed by atoms with Gasteiger partial charge < -0.3 is 19.0 Å². The molecule has 0 saturated carbocycles. The van der Waals surface area contributed by atoms with Crippen LogP contribution in [0.1, 0.15) is 44.8 Å². The molecule has 0 radical (unpaired) electrons. The van der Waals surface area contributed by atoms with Crippen LogP contribution >= 0.6 is 23.2 Å². The van der Waals surface area contributed by atoms with Crippen LogP contribution in [-0.2, 0) is 4.74 Å². The highest BCUT2D eigenvalue weighted by atomic mass is 35.5. The number of hydrogen-bond acceptors (Lipinski definition) is 6. The average molecular weight is 539 g/mol. The highest BCUT2D eigenvalue weighted by Crippen LogP contribution is 2.34. The zero-order valence-electron chi connectivity index (χ0n) is 20.3. The molecule has 0 atom stereocenters. The first-order chi connectivity index (χ1) is 17.8. The summed E-state index contributed by atoms with van der Waals surface area (Å²) in [5.74, 6) is -0.978. The van der Waals surface area contributed by atoms with Crippen molar-refractivity contribution >= 4 is 52.9 Å². The molecule has 0 aliphatic heterocycles. The fourth-order valence-corrected chi connectivity index (χ4v) is 4.20. The number of rotatable bonds is 8. The lowest BCUT2D eigenvalue weighted by Gasteiger charge is -2.10. The summed E-state index contributed by atoms with van der Waals surface area (Å²) in [7, 11) is 0. The van der Waals surface area contributed by atoms with E-state index in [1.807, 2.05) is 36.6 Å². The number of aromatic nitrogens is 1. The maximum absolute atomic E-state index is 12.8. The summed E-state index contributed by atoms with van der Waals surface area (Å²) < 4.78 is 12.9. The molecule has 0 fully saturated rings. The number of nitrogens with zero attached hydrogens (tertiary/aromatic N) is 2. The van der Waals surface area contributed by atoms with Gasteiger partial charge in [0.25, 0.3) is 5.91 Å². The molecule has 1 amide bonds. The molecule has 2 aromatic heterocycles. The number of furan rings is 1. The van der Waals surface area contributed by atoms with E-state index in [4.69, 9.17) is 32.4 Å². The van der Waals surface area contributed by atoms with Crippen LogP contribution < -0.4 is 10.7 Å². The Hall–Kier alpha value is -4.01. The number of esters is 1. The Balaban J connectivity index is 1.55. The van der Waals surface area contributed by atoms with Gasteiger partial charge in [-0.3, -0.25) is 4.79 Å². The van der Waals surface area contributed by atoms with E-state index in [2.05, 4.69) is 15.8 Å². The summed E-state index contributed by atoms with van der Waals surface area (Å²) in [5, 5.41) is 7.44. The lowest BCUT2D eigenvalue weighted by Crippen LogP contribution is -2.18. The smallest absolute Gasteiger partial charge is 0.345 e. The lowest BCUT2D eigenvalue weighted by molar-refractivity contribution is 0.0527. The van der Waals surface area contributed by atoms with Crippen LogP contribution in [0, 0.1) is 13.8 Å². The Labute approximate surface area is 223 Å². The number of hydrogen-bond donors (Lipinski definition) is 2. The van der Waals surface area contributed by atoms with Gasteiger partial charge in [0.15, 0.2) is 5.76 Å². The van der Waals surface area contributed by atoms with Crippen LogP contribution in [0.4, 0.5) is 11.6 Å². The van der Waals surface area contributed by atoms with Crippen LogP contribution in [0.2, 0.25) is 10.0 Å². The molecular weight excluding hydrogens is 515 g/mol. The molecule has 0 saturated heterocycles. The molecule has 0 bridgehead atoms. The number of hydrazone groups is 1. The van der Waals surface area contributed by atoms with Gasteiger partial charge in [-0.2, -0.15) is 5.10 Å². The maximum atomic E-state index is 12.8. The van der Waals surface area contributed by atoms with Crippen LogP contribution in [0.25, 0.3) is 5.69 Å². The van der Waals surface area contributed by atoms with Crippen LogP contribution in [-0.4, -0.2) is 29.3 Å². The molecule has 10 heteroatoms. The van der Waals surface area contributed by atoms with Crippen molar-refractivity contribution in [2.75, 3.05) is 11.9 Å². The summed E-state index contributed by atoms with van der Waals surface area (Å²) in [5.41, 5.74) is 6.44. The van der Waals surface area contributed by atoms with Crippen molar-refractivity contribution in [1.82, 2.24) is 9.99 Å². The minimum absolute atomic E-state index is 0.00133. The van der Waals surface area contributed by atoms with Crippen molar-refractivity contribution in [3.8, 4) is 5.69 Å². The van der Waals surface area contributed by atoms with Crippen molar-refractivity contribution in [3.05, 3.63) is 99.0 Å². The SMILES string of the molecule is CCOC(=O)c1c(Nc2cccc(Cl)c2)oc(/C=N\NC(=O)c2cccc(-n3c(C)ccc3C)c2)c1Cl. The van der Waals surface area contributed by atoms with Gasteiger partial charge in [0.2, 0.25) is 5.88 Å². The number of halogens is 2. The largest absolute Gasteiger partial charge is 0.462 e. The third-order valence-corrected chi connectivity index (χ3v) is 6.03. The third kappa shape index (κ3) is 5.87. The number of benzene rings is 2. The summed E-state index contributed by atoms with van der Waals surface area (Å²) in [6, 6.07) is 18.1. The monoisotopic (exact) mass is 538 g/mol. The fraction of sp³-hybridized carbons (Fsp3) is 0.148. The van der Waals surface area contributed by atoms with E-state index < -0.39 is 11.9 Å². The Morgan fingerprint density at radius 3 is 2.49 bits per heavy atom. The van der Waals surface area contributed by atoms with Gasteiger partial charge in [-0.05, 0) is 69.3 Å². The van der Waals surface area contributed by atoms with E-state index in [0.717, 1.165) is 17.1 Å². The number of ether oxygens (including phenoxy) is 1. The number of anilines is 2. The number of nitrogens with one attached hydrogen (secondary N) is 2. The van der Waals surface area contributed by atoms with Crippen molar-refractivity contribution in [1.29, 1.82) is 0 Å². The minimum Gasteiger partial charge on any atom is -0.462 e. The van der Waals surface area contributed by atoms with Crippen LogP contribution in [0.15, 0.2) is 70.2 Å². The molecule has 4 rings (SSSR count). The first-order valence-corrected chi connectivity index (χ1v) is 12.1. The number of aryl methyl sites for hydroxylation is 2. The van der Waals surface area contributed by atoms with Gasteiger partial charge in [0.1, 0.15) is 10.6 Å². The van der Waals surface area contributed by atoms with Crippen LogP contribution in [0.5, 0.6) is 0 Å². The van der Waals surface area contributed by atoms with Crippen molar-refractivity contribution in [2.45, 2.75) is 20.8 Å². The third-order valence-electron chi connectivity index (χ3n) is 5.42. The lowest BCUT2D eigenvalue weighted by atomic mass is 10.2. The first-order valence-electron chi connectivity index (χ1n) is 11.4. The predicted molar refractivity (Wildman–Crippen MR) is 145 cm³/mol. The molecule has 2 heterocycles. The van der Waals surface area contributed by atoms with E-state index in [1.165, 1.54) is 6.21 Å². The molecule has 4 aromatic rings. The molecule has 2 aromatic carbocycles. The summed E-state index contributed by atoms with van der Waals surface area (Å²) in [4.78, 5) is 25.3. The Morgan fingerprint density at radius 2 is 1.78 bits per heavy atom. The van der Waals surface area contributed by atoms with E-state index in [1.54, 1.807) is 49.4 Å². The Bertz CT molecular complexity index is 1470. The fourth-order valence-electron chi connectivity index (χ4n) is 3.76. The van der Waals surface area contributed by atoms with Crippen molar-refractivity contribution < 1.29 is 18.7 Å². The molecule has 37 heavy (non-hydrogen) atoms. The normalized spacial score (nSPS) is 11.1. The van der Waals surface area contributed by atoms with Gasteiger partial charge in [-0.1, -0.05) is 35.3 Å². The average Bonchev–Trinajstić information content (AvgIpc) is 3.36. The van der Waals surface area contributed by atoms with Gasteiger partial charge >= 0.3 is 5.97 Å². The second kappa shape index (κ2) is 11.4. The molecular formula is C27H24Cl2N4O4. The zero-order valence-corrected chi connectivity index (χ0v) is 21.9. The second-order valence-electron chi connectivity index (χ2n) is 8.04. The quantitative estimate of drug-likeness (QED) is 0.148. The van der Waals surface area contributed by atoms with Crippen LogP contribution in [0.3, 0.4) is 0 Å². The highest BCUT2D eigenvalue weighted by molar-refractivity contribution is 6.36. The van der Waals surface area contributed by atoms with Crippen molar-refractivity contribution in [2.24, 2.45) is 5.10 Å². The molecule has 0 aliphatic carbocycles. The molecule has 190 valence electrons. The molecule has 0 spiro atoms. The topological polar surface area (TPSA) is 97.9 Å². The molecule has 0 aliphatic rings. The second-order valence-corrected chi connectivity index (χ2v) is 8.86. The first kappa shape index (κ1) is 26.1. The van der Waals surface area contributed by atoms with E-state index in [9.17, 15) is 9.59 Å². The van der Waals surface area contributed by atoms with Gasteiger partial charge in [0, 0.05) is 33.3 Å². The predicted octanol–water partition coefficient (Wildman–Crippen LogP) is 6.68. The highest BCUT2D eigenvalue weighted by Gasteiger charge is 2.25. The van der Waals surface area contributed by atoms with Gasteiger partial charge in [-0.15, -0.1) is 0 Å². The maximum Gasteiger partial charge on any atom is 0.345 e. The summed E-state index contributed by atoms with van der Waals surface area (Å²) in [6.07, 6.45) is 1.22. The van der Waals surface area contributed by atoms with Gasteiger partial charge in [0.05, 0.1) is 12.8 Å². The molecule has 2 N–H and O–H groups in total. The Morgan fingerprint density at radius 1 is 1.05 bits per heavy atom. The summed E-state index contributed by atoms with van der Waals surface area (Å²) >= 11 is 12.5. The Kier molecular flexibility index (Phi) is 8.01. The molecule has 8 nitrogen and oxygen atoms in total. The van der Waals surface area contributed by atoms with E-state index >= 15 is 0 Å². The number of carbonyl (C=O) groups excluding carboxylic acids is 2. The molecule has 0 unspecified atom stereocenters. The number of amides is 1. The van der Waals surface area contributed by atoms with E-state index in [-0.39, 0.29) is 28.8 Å². The van der Waals surface area contributed by atoms with Gasteiger partial charge in [-0.25, -0.2) is 10.2 Å². The minimum atomic E-state index is -0.670. The summed E-state index contributed by atoms with van der Waals surface area (Å²) in [6.45, 7) is 5.83. The van der Waals surface area contributed by atoms with E-state index in [0.29, 0.717) is 16.3 Å². The zero-order chi connectivity index (χ0) is 26.5. The van der Waals surface area contributed by atoms with Crippen molar-refractivity contribution in [3.63, 3.8) is 0 Å². The number of carbonyl (C=O) groups is 2. The standard InChI is InChI=1S/C27H24Cl2N4O4/c1-4-36-27(35)23-24(29)22(37-26(23)31-20-9-6-8-19(28)14-20)15-30-32-25(34)18-7-5-10-21(13-18)33-16(2)11-12-17(33)3/h5-15,31H,4H2,1-3H3,(H,32,34)/b30-15-.